The van der Waals surface area contributed by atoms with Crippen LogP contribution in [0.2, 0.25) is 0 Å². The van der Waals surface area contributed by atoms with Gasteiger partial charge in [-0.05, 0) is 57.2 Å². The van der Waals surface area contributed by atoms with Crippen molar-refractivity contribution in [2.24, 2.45) is 5.92 Å². The molecule has 0 saturated heterocycles. The Bertz CT molecular complexity index is 370. The molecule has 0 spiro atoms. The topological polar surface area (TPSA) is 29.9 Å². The standard InChI is InChI=1S/C15H27N3/c1-4-9-16-11-12-7-8-15(12)18-14(6-3)10-13(5-2)17-18/h10,12,15-16H,4-9,11H2,1-3H3. The van der Waals surface area contributed by atoms with Crippen molar-refractivity contribution in [2.75, 3.05) is 13.1 Å². The van der Waals surface area contributed by atoms with Crippen LogP contribution in [0.5, 0.6) is 0 Å². The van der Waals surface area contributed by atoms with Crippen molar-refractivity contribution in [3.05, 3.63) is 17.5 Å². The van der Waals surface area contributed by atoms with Crippen LogP contribution in [0.4, 0.5) is 0 Å². The summed E-state index contributed by atoms with van der Waals surface area (Å²) in [5, 5.41) is 8.34. The number of aryl methyl sites for hydroxylation is 2. The normalized spacial score (nSPS) is 23.1. The Kier molecular flexibility index (Phi) is 4.81. The Morgan fingerprint density at radius 2 is 2.11 bits per heavy atom. The molecule has 0 bridgehead atoms. The summed E-state index contributed by atoms with van der Waals surface area (Å²) < 4.78 is 2.32. The molecule has 3 heteroatoms. The minimum Gasteiger partial charge on any atom is -0.316 e. The minimum absolute atomic E-state index is 0.643. The first kappa shape index (κ1) is 13.6. The zero-order valence-electron chi connectivity index (χ0n) is 12.1. The molecular weight excluding hydrogens is 222 g/mol. The van der Waals surface area contributed by atoms with Crippen LogP contribution in [0, 0.1) is 5.92 Å². The van der Waals surface area contributed by atoms with Crippen LogP contribution in [-0.4, -0.2) is 22.9 Å². The maximum atomic E-state index is 4.79. The second kappa shape index (κ2) is 6.37. The van der Waals surface area contributed by atoms with Gasteiger partial charge in [0.1, 0.15) is 0 Å². The summed E-state index contributed by atoms with van der Waals surface area (Å²) in [6, 6.07) is 2.93. The fourth-order valence-corrected chi connectivity index (χ4v) is 2.79. The molecule has 2 unspecified atom stereocenters. The Morgan fingerprint density at radius 1 is 1.28 bits per heavy atom. The summed E-state index contributed by atoms with van der Waals surface area (Å²) in [7, 11) is 0. The van der Waals surface area contributed by atoms with E-state index in [9.17, 15) is 0 Å². The van der Waals surface area contributed by atoms with Gasteiger partial charge in [0.15, 0.2) is 0 Å². The molecule has 1 aliphatic rings. The molecule has 0 amide bonds. The van der Waals surface area contributed by atoms with Crippen molar-refractivity contribution < 1.29 is 0 Å². The van der Waals surface area contributed by atoms with E-state index in [2.05, 4.69) is 36.8 Å². The predicted octanol–water partition coefficient (Wildman–Crippen LogP) is 2.96. The SMILES string of the molecule is CCCNCC1CCC1n1nc(CC)cc1CC. The minimum atomic E-state index is 0.643. The summed E-state index contributed by atoms with van der Waals surface area (Å²) >= 11 is 0. The van der Waals surface area contributed by atoms with Crippen LogP contribution in [0.25, 0.3) is 0 Å². The highest BCUT2D eigenvalue weighted by atomic mass is 15.3. The van der Waals surface area contributed by atoms with Crippen LogP contribution in [0.15, 0.2) is 6.07 Å². The fraction of sp³-hybridized carbons (Fsp3) is 0.800. The molecule has 1 aliphatic carbocycles. The van der Waals surface area contributed by atoms with Gasteiger partial charge in [0.2, 0.25) is 0 Å². The van der Waals surface area contributed by atoms with E-state index in [1.165, 1.54) is 30.7 Å². The van der Waals surface area contributed by atoms with E-state index in [0.29, 0.717) is 6.04 Å². The van der Waals surface area contributed by atoms with Crippen LogP contribution in [0.1, 0.15) is 57.5 Å². The maximum Gasteiger partial charge on any atom is 0.0624 e. The zero-order chi connectivity index (χ0) is 13.0. The molecule has 0 radical (unpaired) electrons. The highest BCUT2D eigenvalue weighted by Crippen LogP contribution is 2.38. The van der Waals surface area contributed by atoms with Gasteiger partial charge in [-0.25, -0.2) is 0 Å². The average Bonchev–Trinajstić information content (AvgIpc) is 2.76. The maximum absolute atomic E-state index is 4.79. The van der Waals surface area contributed by atoms with Gasteiger partial charge >= 0.3 is 0 Å². The summed E-state index contributed by atoms with van der Waals surface area (Å²) in [5.74, 6) is 0.784. The summed E-state index contributed by atoms with van der Waals surface area (Å²) in [5.41, 5.74) is 2.66. The molecule has 18 heavy (non-hydrogen) atoms. The molecule has 0 aromatic carbocycles. The molecule has 2 atom stereocenters. The number of nitrogens with zero attached hydrogens (tertiary/aromatic N) is 2. The van der Waals surface area contributed by atoms with Gasteiger partial charge in [-0.1, -0.05) is 20.8 Å². The summed E-state index contributed by atoms with van der Waals surface area (Å²) in [4.78, 5) is 0. The van der Waals surface area contributed by atoms with Gasteiger partial charge in [0.05, 0.1) is 11.7 Å². The molecule has 2 rings (SSSR count). The quantitative estimate of drug-likeness (QED) is 0.753. The number of nitrogens with one attached hydrogen (secondary N) is 1. The van der Waals surface area contributed by atoms with Crippen LogP contribution in [0.3, 0.4) is 0 Å². The number of aromatic nitrogens is 2. The van der Waals surface area contributed by atoms with E-state index < -0.39 is 0 Å². The molecule has 1 heterocycles. The molecule has 1 fully saturated rings. The third-order valence-corrected chi connectivity index (χ3v) is 4.11. The van der Waals surface area contributed by atoms with Crippen molar-refractivity contribution in [1.82, 2.24) is 15.1 Å². The average molecular weight is 249 g/mol. The zero-order valence-corrected chi connectivity index (χ0v) is 12.1. The molecule has 1 saturated carbocycles. The van der Waals surface area contributed by atoms with Crippen molar-refractivity contribution >= 4 is 0 Å². The van der Waals surface area contributed by atoms with Crippen molar-refractivity contribution in [2.45, 2.75) is 58.9 Å². The third kappa shape index (κ3) is 2.77. The Morgan fingerprint density at radius 3 is 2.67 bits per heavy atom. The molecule has 3 nitrogen and oxygen atoms in total. The molecule has 1 aromatic heterocycles. The van der Waals surface area contributed by atoms with E-state index in [1.54, 1.807) is 0 Å². The van der Waals surface area contributed by atoms with Gasteiger partial charge in [-0.3, -0.25) is 4.68 Å². The molecule has 0 aliphatic heterocycles. The first-order valence-corrected chi connectivity index (χ1v) is 7.58. The van der Waals surface area contributed by atoms with Gasteiger partial charge in [0.25, 0.3) is 0 Å². The van der Waals surface area contributed by atoms with E-state index >= 15 is 0 Å². The lowest BCUT2D eigenvalue weighted by atomic mass is 9.79. The van der Waals surface area contributed by atoms with Crippen LogP contribution in [-0.2, 0) is 12.8 Å². The monoisotopic (exact) mass is 249 g/mol. The third-order valence-electron chi connectivity index (χ3n) is 4.11. The Balaban J connectivity index is 2.00. The lowest BCUT2D eigenvalue weighted by Gasteiger charge is -2.38. The van der Waals surface area contributed by atoms with E-state index in [1.807, 2.05) is 0 Å². The molecule has 1 N–H and O–H groups in total. The van der Waals surface area contributed by atoms with Crippen LogP contribution < -0.4 is 5.32 Å². The number of rotatable bonds is 7. The summed E-state index contributed by atoms with van der Waals surface area (Å²) in [6.07, 6.45) is 6.02. The van der Waals surface area contributed by atoms with E-state index in [0.717, 1.165) is 31.8 Å². The van der Waals surface area contributed by atoms with Crippen molar-refractivity contribution in [3.63, 3.8) is 0 Å². The predicted molar refractivity (Wildman–Crippen MR) is 75.9 cm³/mol. The first-order chi connectivity index (χ1) is 8.80. The molecular formula is C15H27N3. The second-order valence-corrected chi connectivity index (χ2v) is 5.39. The smallest absolute Gasteiger partial charge is 0.0624 e. The number of hydrogen-bond donors (Lipinski definition) is 1. The summed E-state index contributed by atoms with van der Waals surface area (Å²) in [6.45, 7) is 8.94. The van der Waals surface area contributed by atoms with Gasteiger partial charge < -0.3 is 5.32 Å². The van der Waals surface area contributed by atoms with Gasteiger partial charge in [-0.2, -0.15) is 5.10 Å². The Labute approximate surface area is 111 Å². The Hall–Kier alpha value is -0.830. The molecule has 102 valence electrons. The van der Waals surface area contributed by atoms with Gasteiger partial charge in [-0.15, -0.1) is 0 Å². The highest BCUT2D eigenvalue weighted by molar-refractivity contribution is 5.12. The first-order valence-electron chi connectivity index (χ1n) is 7.58. The lowest BCUT2D eigenvalue weighted by molar-refractivity contribution is 0.159. The van der Waals surface area contributed by atoms with Crippen molar-refractivity contribution in [3.8, 4) is 0 Å². The van der Waals surface area contributed by atoms with E-state index in [-0.39, 0.29) is 0 Å². The number of hydrogen-bond acceptors (Lipinski definition) is 2. The fourth-order valence-electron chi connectivity index (χ4n) is 2.79. The molecule has 1 aromatic rings. The highest BCUT2D eigenvalue weighted by Gasteiger charge is 2.33. The largest absolute Gasteiger partial charge is 0.316 e. The second-order valence-electron chi connectivity index (χ2n) is 5.39. The van der Waals surface area contributed by atoms with Crippen molar-refractivity contribution in [1.29, 1.82) is 0 Å². The van der Waals surface area contributed by atoms with Crippen LogP contribution >= 0.6 is 0 Å². The van der Waals surface area contributed by atoms with Gasteiger partial charge in [0, 0.05) is 5.69 Å². The lowest BCUT2D eigenvalue weighted by Crippen LogP contribution is -2.38. The van der Waals surface area contributed by atoms with E-state index in [4.69, 9.17) is 5.10 Å².